The summed E-state index contributed by atoms with van der Waals surface area (Å²) in [5.74, 6) is 0.0323. The molecule has 19 heavy (non-hydrogen) atoms. The van der Waals surface area contributed by atoms with E-state index in [1.807, 2.05) is 6.92 Å². The van der Waals surface area contributed by atoms with Crippen LogP contribution in [-0.4, -0.2) is 36.9 Å². The van der Waals surface area contributed by atoms with E-state index in [1.165, 1.54) is 6.20 Å². The third-order valence-corrected chi connectivity index (χ3v) is 3.40. The van der Waals surface area contributed by atoms with Crippen molar-refractivity contribution >= 4 is 11.6 Å². The molecule has 1 aliphatic heterocycles. The number of nitrogen functional groups attached to an aromatic ring is 1. The summed E-state index contributed by atoms with van der Waals surface area (Å²) in [6.45, 7) is 1.95. The van der Waals surface area contributed by atoms with E-state index in [0.29, 0.717) is 17.6 Å². The first-order valence-corrected chi connectivity index (χ1v) is 6.17. The number of fused-ring (bicyclic) bond motifs is 1. The average Bonchev–Trinajstić information content (AvgIpc) is 2.92. The summed E-state index contributed by atoms with van der Waals surface area (Å²) in [6, 6.07) is 0. The molecule has 0 spiro atoms. The second-order valence-electron chi connectivity index (χ2n) is 4.64. The number of nitrogens with one attached hydrogen (secondary N) is 1. The normalized spacial score (nSPS) is 27.2. The number of H-pyrrole nitrogens is 1. The molecule has 0 aliphatic carbocycles. The number of aliphatic hydroxyl groups excluding tert-OH is 1. The standard InChI is InChI=1S/C11H15N5O3/c1-2-7-6(17)3-8(19-7)5-4-13-16-9(5)14-10(12)15-11(16)18/h4,6-8,17H,2-3H2,1H3,(H3,12,14,15,18). The first-order chi connectivity index (χ1) is 9.10. The van der Waals surface area contributed by atoms with Gasteiger partial charge in [0.2, 0.25) is 5.95 Å². The van der Waals surface area contributed by atoms with Gasteiger partial charge < -0.3 is 15.6 Å². The fourth-order valence-corrected chi connectivity index (χ4v) is 2.44. The Morgan fingerprint density at radius 3 is 3.16 bits per heavy atom. The first-order valence-electron chi connectivity index (χ1n) is 6.17. The van der Waals surface area contributed by atoms with Gasteiger partial charge in [-0.3, -0.25) is 4.98 Å². The second kappa shape index (κ2) is 4.32. The van der Waals surface area contributed by atoms with E-state index in [9.17, 15) is 9.90 Å². The maximum Gasteiger partial charge on any atom is 0.350 e. The van der Waals surface area contributed by atoms with Gasteiger partial charge in [0, 0.05) is 12.0 Å². The van der Waals surface area contributed by atoms with Gasteiger partial charge in [0.15, 0.2) is 5.65 Å². The predicted molar refractivity (Wildman–Crippen MR) is 66.5 cm³/mol. The maximum atomic E-state index is 11.6. The number of nitrogens with zero attached hydrogens (tertiary/aromatic N) is 3. The van der Waals surface area contributed by atoms with Crippen LogP contribution < -0.4 is 11.4 Å². The molecule has 1 saturated heterocycles. The molecule has 4 N–H and O–H groups in total. The Labute approximate surface area is 108 Å². The van der Waals surface area contributed by atoms with Gasteiger partial charge in [-0.15, -0.1) is 0 Å². The molecule has 1 fully saturated rings. The van der Waals surface area contributed by atoms with Crippen LogP contribution in [0.25, 0.3) is 5.65 Å². The predicted octanol–water partition coefficient (Wildman–Crippen LogP) is -0.399. The number of ether oxygens (including phenoxy) is 1. The summed E-state index contributed by atoms with van der Waals surface area (Å²) in [6.07, 6.45) is 1.71. The van der Waals surface area contributed by atoms with Crippen LogP contribution in [0.5, 0.6) is 0 Å². The molecule has 3 heterocycles. The minimum Gasteiger partial charge on any atom is -0.390 e. The molecular weight excluding hydrogens is 250 g/mol. The second-order valence-corrected chi connectivity index (χ2v) is 4.64. The summed E-state index contributed by atoms with van der Waals surface area (Å²) < 4.78 is 6.90. The van der Waals surface area contributed by atoms with E-state index in [-0.39, 0.29) is 18.2 Å². The number of aromatic amines is 1. The Kier molecular flexibility index (Phi) is 2.76. The van der Waals surface area contributed by atoms with Crippen LogP contribution in [0.2, 0.25) is 0 Å². The van der Waals surface area contributed by atoms with E-state index in [0.717, 1.165) is 10.9 Å². The van der Waals surface area contributed by atoms with Gasteiger partial charge in [-0.05, 0) is 6.42 Å². The smallest absolute Gasteiger partial charge is 0.350 e. The largest absolute Gasteiger partial charge is 0.390 e. The van der Waals surface area contributed by atoms with Crippen LogP contribution >= 0.6 is 0 Å². The topological polar surface area (TPSA) is 119 Å². The number of nitrogens with two attached hydrogens (primary N) is 1. The zero-order chi connectivity index (χ0) is 13.6. The van der Waals surface area contributed by atoms with E-state index < -0.39 is 11.8 Å². The zero-order valence-electron chi connectivity index (χ0n) is 10.4. The van der Waals surface area contributed by atoms with Crippen molar-refractivity contribution in [3.8, 4) is 0 Å². The quantitative estimate of drug-likeness (QED) is 0.680. The van der Waals surface area contributed by atoms with Gasteiger partial charge in [-0.1, -0.05) is 6.92 Å². The lowest BCUT2D eigenvalue weighted by atomic mass is 10.1. The number of hydrogen-bond donors (Lipinski definition) is 3. The SMILES string of the molecule is CCC1OC(c2cnn3c(=O)[nH]c(N)nc23)CC1O. The highest BCUT2D eigenvalue weighted by Gasteiger charge is 2.35. The number of anilines is 1. The lowest BCUT2D eigenvalue weighted by molar-refractivity contribution is 0.00815. The molecule has 0 saturated carbocycles. The average molecular weight is 265 g/mol. The Bertz CT molecular complexity index is 664. The van der Waals surface area contributed by atoms with Crippen molar-refractivity contribution in [2.45, 2.75) is 38.1 Å². The fourth-order valence-electron chi connectivity index (χ4n) is 2.44. The van der Waals surface area contributed by atoms with Crippen LogP contribution in [-0.2, 0) is 4.74 Å². The van der Waals surface area contributed by atoms with Crippen molar-refractivity contribution in [1.82, 2.24) is 19.6 Å². The molecule has 8 nitrogen and oxygen atoms in total. The van der Waals surface area contributed by atoms with Crippen LogP contribution in [0.4, 0.5) is 5.95 Å². The van der Waals surface area contributed by atoms with E-state index in [2.05, 4.69) is 15.1 Å². The lowest BCUT2D eigenvalue weighted by Crippen LogP contribution is -2.20. The summed E-state index contributed by atoms with van der Waals surface area (Å²) in [5, 5.41) is 13.8. The molecule has 0 aromatic carbocycles. The van der Waals surface area contributed by atoms with E-state index in [1.54, 1.807) is 0 Å². The van der Waals surface area contributed by atoms with E-state index >= 15 is 0 Å². The number of aromatic nitrogens is 4. The third-order valence-electron chi connectivity index (χ3n) is 3.40. The Balaban J connectivity index is 2.05. The Hall–Kier alpha value is -1.93. The minimum atomic E-state index is -0.510. The molecule has 8 heteroatoms. The van der Waals surface area contributed by atoms with Gasteiger partial charge in [0.25, 0.3) is 0 Å². The van der Waals surface area contributed by atoms with Crippen LogP contribution in [0.3, 0.4) is 0 Å². The molecule has 3 atom stereocenters. The highest BCUT2D eigenvalue weighted by Crippen LogP contribution is 2.35. The van der Waals surface area contributed by atoms with Crippen molar-refractivity contribution in [3.63, 3.8) is 0 Å². The van der Waals surface area contributed by atoms with Crippen LogP contribution in [0.15, 0.2) is 11.0 Å². The molecule has 3 unspecified atom stereocenters. The Morgan fingerprint density at radius 1 is 1.68 bits per heavy atom. The monoisotopic (exact) mass is 265 g/mol. The van der Waals surface area contributed by atoms with Gasteiger partial charge in [-0.2, -0.15) is 14.6 Å². The zero-order valence-corrected chi connectivity index (χ0v) is 10.4. The molecule has 2 aromatic heterocycles. The van der Waals surface area contributed by atoms with Crippen molar-refractivity contribution in [3.05, 3.63) is 22.2 Å². The van der Waals surface area contributed by atoms with Crippen molar-refractivity contribution < 1.29 is 9.84 Å². The molecule has 3 rings (SSSR count). The van der Waals surface area contributed by atoms with Gasteiger partial charge in [0.05, 0.1) is 24.5 Å². The molecule has 0 radical (unpaired) electrons. The van der Waals surface area contributed by atoms with Crippen LogP contribution in [0.1, 0.15) is 31.4 Å². The summed E-state index contributed by atoms with van der Waals surface area (Å²) >= 11 is 0. The number of hydrogen-bond acceptors (Lipinski definition) is 6. The highest BCUT2D eigenvalue weighted by atomic mass is 16.5. The minimum absolute atomic E-state index is 0.0323. The molecule has 102 valence electrons. The van der Waals surface area contributed by atoms with Crippen molar-refractivity contribution in [2.24, 2.45) is 0 Å². The molecule has 0 bridgehead atoms. The van der Waals surface area contributed by atoms with E-state index in [4.69, 9.17) is 10.5 Å². The third kappa shape index (κ3) is 1.89. The first kappa shape index (κ1) is 12.1. The fraction of sp³-hybridized carbons (Fsp3) is 0.545. The number of rotatable bonds is 2. The summed E-state index contributed by atoms with van der Waals surface area (Å²) in [4.78, 5) is 18.1. The maximum absolute atomic E-state index is 11.6. The Morgan fingerprint density at radius 2 is 2.47 bits per heavy atom. The van der Waals surface area contributed by atoms with Crippen molar-refractivity contribution in [1.29, 1.82) is 0 Å². The summed E-state index contributed by atoms with van der Waals surface area (Å²) in [5.41, 5.74) is 6.13. The van der Waals surface area contributed by atoms with Crippen molar-refractivity contribution in [2.75, 3.05) is 5.73 Å². The lowest BCUT2D eigenvalue weighted by Gasteiger charge is -2.11. The molecular formula is C11H15N5O3. The number of aliphatic hydroxyl groups is 1. The molecule has 1 aliphatic rings. The molecule has 0 amide bonds. The van der Waals surface area contributed by atoms with Gasteiger partial charge in [-0.25, -0.2) is 4.79 Å². The van der Waals surface area contributed by atoms with Gasteiger partial charge in [0.1, 0.15) is 0 Å². The molecule has 2 aromatic rings. The summed E-state index contributed by atoms with van der Waals surface area (Å²) in [7, 11) is 0. The highest BCUT2D eigenvalue weighted by molar-refractivity contribution is 5.49. The van der Waals surface area contributed by atoms with Gasteiger partial charge >= 0.3 is 5.69 Å². The van der Waals surface area contributed by atoms with Crippen LogP contribution in [0, 0.1) is 0 Å².